The van der Waals surface area contributed by atoms with E-state index in [4.69, 9.17) is 0 Å². The van der Waals surface area contributed by atoms with E-state index in [0.29, 0.717) is 11.1 Å². The molecule has 0 aliphatic heterocycles. The van der Waals surface area contributed by atoms with E-state index in [-0.39, 0.29) is 5.82 Å². The van der Waals surface area contributed by atoms with Gasteiger partial charge in [0.1, 0.15) is 11.9 Å². The summed E-state index contributed by atoms with van der Waals surface area (Å²) >= 11 is 0. The first-order chi connectivity index (χ1) is 8.74. The first-order valence-corrected chi connectivity index (χ1v) is 5.60. The van der Waals surface area contributed by atoms with Crippen LogP contribution in [0.3, 0.4) is 0 Å². The molecule has 0 amide bonds. The average molecular weight is 242 g/mol. The number of benzene rings is 2. The molecule has 0 radical (unpaired) electrons. The summed E-state index contributed by atoms with van der Waals surface area (Å²) in [5.41, 5.74) is 2.92. The van der Waals surface area contributed by atoms with E-state index in [2.05, 4.69) is 9.97 Å². The predicted octanol–water partition coefficient (Wildman–Crippen LogP) is 2.78. The van der Waals surface area contributed by atoms with Crippen LogP contribution in [0, 0.1) is 5.82 Å². The molecule has 18 heavy (non-hydrogen) atoms. The number of H-pyrrole nitrogens is 1. The van der Waals surface area contributed by atoms with Gasteiger partial charge in [-0.25, -0.2) is 9.37 Å². The van der Waals surface area contributed by atoms with Gasteiger partial charge in [-0.1, -0.05) is 18.2 Å². The predicted molar refractivity (Wildman–Crippen MR) is 66.6 cm³/mol. The number of aromatic nitrogens is 2. The number of aliphatic hydroxyl groups is 1. The van der Waals surface area contributed by atoms with Crippen molar-refractivity contribution in [3.63, 3.8) is 0 Å². The highest BCUT2D eigenvalue weighted by molar-refractivity contribution is 5.75. The zero-order valence-electron chi connectivity index (χ0n) is 9.47. The van der Waals surface area contributed by atoms with E-state index in [1.54, 1.807) is 30.6 Å². The smallest absolute Gasteiger partial charge is 0.123 e. The highest BCUT2D eigenvalue weighted by Gasteiger charge is 2.12. The van der Waals surface area contributed by atoms with E-state index in [1.165, 1.54) is 12.1 Å². The Morgan fingerprint density at radius 2 is 1.94 bits per heavy atom. The Labute approximate surface area is 103 Å². The summed E-state index contributed by atoms with van der Waals surface area (Å²) in [5.74, 6) is -0.354. The summed E-state index contributed by atoms with van der Waals surface area (Å²) in [4.78, 5) is 7.11. The maximum atomic E-state index is 13.1. The van der Waals surface area contributed by atoms with Crippen molar-refractivity contribution < 1.29 is 9.50 Å². The van der Waals surface area contributed by atoms with Crippen LogP contribution in [0.4, 0.5) is 4.39 Å². The molecule has 1 heterocycles. The minimum atomic E-state index is -0.846. The Kier molecular flexibility index (Phi) is 2.57. The minimum absolute atomic E-state index is 0.354. The lowest BCUT2D eigenvalue weighted by atomic mass is 10.0. The first-order valence-electron chi connectivity index (χ1n) is 5.60. The van der Waals surface area contributed by atoms with Crippen molar-refractivity contribution in [2.24, 2.45) is 0 Å². The first kappa shape index (κ1) is 10.9. The van der Waals surface area contributed by atoms with Crippen molar-refractivity contribution in [1.29, 1.82) is 0 Å². The largest absolute Gasteiger partial charge is 0.384 e. The molecule has 0 aliphatic rings. The number of halogens is 1. The summed E-state index contributed by atoms with van der Waals surface area (Å²) in [5, 5.41) is 10.2. The third-order valence-corrected chi connectivity index (χ3v) is 2.93. The van der Waals surface area contributed by atoms with Crippen molar-refractivity contribution in [3.8, 4) is 0 Å². The van der Waals surface area contributed by atoms with Gasteiger partial charge in [-0.15, -0.1) is 0 Å². The molecule has 0 spiro atoms. The number of rotatable bonds is 2. The van der Waals surface area contributed by atoms with Gasteiger partial charge in [0.25, 0.3) is 0 Å². The minimum Gasteiger partial charge on any atom is -0.384 e. The van der Waals surface area contributed by atoms with Crippen LogP contribution in [-0.4, -0.2) is 15.1 Å². The Morgan fingerprint density at radius 3 is 2.78 bits per heavy atom. The molecule has 1 aromatic heterocycles. The number of imidazole rings is 1. The molecule has 0 aliphatic carbocycles. The van der Waals surface area contributed by atoms with Crippen LogP contribution in [0.25, 0.3) is 11.0 Å². The van der Waals surface area contributed by atoms with Crippen molar-refractivity contribution in [3.05, 3.63) is 65.7 Å². The fraction of sp³-hybridized carbons (Fsp3) is 0.0714. The van der Waals surface area contributed by atoms with Crippen LogP contribution >= 0.6 is 0 Å². The maximum Gasteiger partial charge on any atom is 0.123 e. The highest BCUT2D eigenvalue weighted by atomic mass is 19.1. The van der Waals surface area contributed by atoms with E-state index < -0.39 is 6.10 Å². The maximum absolute atomic E-state index is 13.1. The molecular weight excluding hydrogens is 231 g/mol. The molecule has 3 rings (SSSR count). The number of hydrogen-bond donors (Lipinski definition) is 2. The molecule has 4 heteroatoms. The van der Waals surface area contributed by atoms with E-state index in [0.717, 1.165) is 11.0 Å². The summed E-state index contributed by atoms with van der Waals surface area (Å²) in [6.07, 6.45) is 0.755. The molecule has 1 unspecified atom stereocenters. The van der Waals surface area contributed by atoms with Gasteiger partial charge < -0.3 is 10.1 Å². The zero-order valence-corrected chi connectivity index (χ0v) is 9.47. The molecule has 0 saturated heterocycles. The lowest BCUT2D eigenvalue weighted by Crippen LogP contribution is -1.99. The molecule has 90 valence electrons. The number of aliphatic hydroxyl groups excluding tert-OH is 1. The van der Waals surface area contributed by atoms with Gasteiger partial charge in [-0.2, -0.15) is 0 Å². The van der Waals surface area contributed by atoms with Gasteiger partial charge in [0.05, 0.1) is 17.4 Å². The molecule has 1 atom stereocenters. The van der Waals surface area contributed by atoms with Crippen LogP contribution < -0.4 is 0 Å². The van der Waals surface area contributed by atoms with E-state index in [1.807, 2.05) is 6.07 Å². The Bertz CT molecular complexity index is 693. The van der Waals surface area contributed by atoms with Gasteiger partial charge in [-0.3, -0.25) is 0 Å². The number of nitrogens with one attached hydrogen (secondary N) is 1. The summed E-state index contributed by atoms with van der Waals surface area (Å²) in [6.45, 7) is 0. The molecule has 0 fully saturated rings. The van der Waals surface area contributed by atoms with E-state index >= 15 is 0 Å². The number of fused-ring (bicyclic) bond motifs is 1. The third kappa shape index (κ3) is 1.87. The Morgan fingerprint density at radius 1 is 1.11 bits per heavy atom. The second-order valence-electron chi connectivity index (χ2n) is 4.14. The standard InChI is InChI=1S/C14H11FN2O/c15-11-3-1-2-9(6-11)14(18)10-4-5-12-13(7-10)17-8-16-12/h1-8,14,18H,(H,16,17). The fourth-order valence-corrected chi connectivity index (χ4v) is 1.99. The molecule has 2 aromatic carbocycles. The number of aromatic amines is 1. The van der Waals surface area contributed by atoms with Crippen molar-refractivity contribution >= 4 is 11.0 Å². The van der Waals surface area contributed by atoms with Gasteiger partial charge in [0.15, 0.2) is 0 Å². The van der Waals surface area contributed by atoms with Gasteiger partial charge in [-0.05, 0) is 35.4 Å². The van der Waals surface area contributed by atoms with Crippen LogP contribution in [0.1, 0.15) is 17.2 Å². The SMILES string of the molecule is OC(c1cccc(F)c1)c1ccc2[nH]cnc2c1. The fourth-order valence-electron chi connectivity index (χ4n) is 1.99. The second kappa shape index (κ2) is 4.23. The topological polar surface area (TPSA) is 48.9 Å². The number of hydrogen-bond acceptors (Lipinski definition) is 2. The summed E-state index contributed by atoms with van der Waals surface area (Å²) in [6, 6.07) is 11.4. The molecule has 3 aromatic rings. The summed E-state index contributed by atoms with van der Waals surface area (Å²) < 4.78 is 13.1. The molecule has 2 N–H and O–H groups in total. The number of nitrogens with zero attached hydrogens (tertiary/aromatic N) is 1. The zero-order chi connectivity index (χ0) is 12.5. The van der Waals surface area contributed by atoms with Gasteiger partial charge in [0.2, 0.25) is 0 Å². The highest BCUT2D eigenvalue weighted by Crippen LogP contribution is 2.24. The van der Waals surface area contributed by atoms with Crippen LogP contribution in [0.5, 0.6) is 0 Å². The third-order valence-electron chi connectivity index (χ3n) is 2.93. The van der Waals surface area contributed by atoms with Gasteiger partial charge >= 0.3 is 0 Å². The molecule has 0 saturated carbocycles. The normalized spacial score (nSPS) is 12.8. The van der Waals surface area contributed by atoms with Crippen LogP contribution in [0.15, 0.2) is 48.8 Å². The van der Waals surface area contributed by atoms with E-state index in [9.17, 15) is 9.50 Å². The lowest BCUT2D eigenvalue weighted by Gasteiger charge is -2.11. The second-order valence-corrected chi connectivity index (χ2v) is 4.14. The monoisotopic (exact) mass is 242 g/mol. The quantitative estimate of drug-likeness (QED) is 0.726. The van der Waals surface area contributed by atoms with Crippen molar-refractivity contribution in [2.75, 3.05) is 0 Å². The lowest BCUT2D eigenvalue weighted by molar-refractivity contribution is 0.220. The molecule has 3 nitrogen and oxygen atoms in total. The van der Waals surface area contributed by atoms with Crippen LogP contribution in [-0.2, 0) is 0 Å². The summed E-state index contributed by atoms with van der Waals surface area (Å²) in [7, 11) is 0. The van der Waals surface area contributed by atoms with Crippen molar-refractivity contribution in [2.45, 2.75) is 6.10 Å². The molecule has 0 bridgehead atoms. The Hall–Kier alpha value is -2.20. The van der Waals surface area contributed by atoms with Crippen molar-refractivity contribution in [1.82, 2.24) is 9.97 Å². The average Bonchev–Trinajstić information content (AvgIpc) is 2.85. The molecular formula is C14H11FN2O. The Balaban J connectivity index is 2.02. The van der Waals surface area contributed by atoms with Crippen LogP contribution in [0.2, 0.25) is 0 Å². The van der Waals surface area contributed by atoms with Gasteiger partial charge in [0, 0.05) is 0 Å².